The first-order chi connectivity index (χ1) is 8.43. The smallest absolute Gasteiger partial charge is 0.00202 e. The molecule has 0 heterocycles. The first-order valence-electron chi connectivity index (χ1n) is 7.22. The van der Waals surface area contributed by atoms with Crippen LogP contribution in [0.15, 0.2) is 24.3 Å². The summed E-state index contributed by atoms with van der Waals surface area (Å²) in [5.74, 6) is 1.82. The monoisotopic (exact) mass is 229 g/mol. The molecule has 92 valence electrons. The minimum Gasteiger partial charge on any atom is -0.316 e. The molecule has 2 aliphatic carbocycles. The van der Waals surface area contributed by atoms with Crippen molar-refractivity contribution in [2.24, 2.45) is 5.92 Å². The number of fused-ring (bicyclic) bond motifs is 1. The number of hydrogen-bond acceptors (Lipinski definition) is 1. The van der Waals surface area contributed by atoms with E-state index in [1.807, 2.05) is 0 Å². The van der Waals surface area contributed by atoms with E-state index < -0.39 is 0 Å². The second-order valence-electron chi connectivity index (χ2n) is 5.72. The summed E-state index contributed by atoms with van der Waals surface area (Å²) in [5.41, 5.74) is 3.20. The molecule has 1 fully saturated rings. The Bertz CT molecular complexity index is 368. The Labute approximate surface area is 105 Å². The Balaban J connectivity index is 1.52. The van der Waals surface area contributed by atoms with Crippen molar-refractivity contribution in [3.63, 3.8) is 0 Å². The van der Waals surface area contributed by atoms with Gasteiger partial charge in [-0.25, -0.2) is 0 Å². The van der Waals surface area contributed by atoms with Crippen molar-refractivity contribution in [1.29, 1.82) is 0 Å². The van der Waals surface area contributed by atoms with Crippen LogP contribution in [0, 0.1) is 5.92 Å². The third-order valence-electron chi connectivity index (χ3n) is 4.31. The quantitative estimate of drug-likeness (QED) is 0.762. The van der Waals surface area contributed by atoms with E-state index in [1.54, 1.807) is 11.1 Å². The molecule has 3 rings (SSSR count). The van der Waals surface area contributed by atoms with Crippen molar-refractivity contribution in [3.8, 4) is 0 Å². The van der Waals surface area contributed by atoms with Crippen LogP contribution < -0.4 is 5.32 Å². The van der Waals surface area contributed by atoms with Gasteiger partial charge in [-0.15, -0.1) is 0 Å². The predicted molar refractivity (Wildman–Crippen MR) is 72.3 cm³/mol. The maximum Gasteiger partial charge on any atom is 0.00202 e. The average molecular weight is 229 g/mol. The molecule has 0 amide bonds. The minimum absolute atomic E-state index is 0.763. The number of aryl methyl sites for hydroxylation is 1. The zero-order valence-corrected chi connectivity index (χ0v) is 10.6. The maximum absolute atomic E-state index is 3.67. The minimum atomic E-state index is 0.763. The number of benzene rings is 1. The largest absolute Gasteiger partial charge is 0.316 e. The summed E-state index contributed by atoms with van der Waals surface area (Å²) < 4.78 is 0. The van der Waals surface area contributed by atoms with Gasteiger partial charge in [0.1, 0.15) is 0 Å². The van der Waals surface area contributed by atoms with Gasteiger partial charge in [0, 0.05) is 6.54 Å². The molecular formula is C16H23N. The lowest BCUT2D eigenvalue weighted by Gasteiger charge is -2.25. The molecule has 1 nitrogen and oxygen atoms in total. The van der Waals surface area contributed by atoms with Gasteiger partial charge in [0.15, 0.2) is 0 Å². The first kappa shape index (κ1) is 11.3. The highest BCUT2D eigenvalue weighted by Gasteiger charge is 2.21. The summed E-state index contributed by atoms with van der Waals surface area (Å²) in [6.07, 6.45) is 8.38. The second-order valence-corrected chi connectivity index (χ2v) is 5.72. The van der Waals surface area contributed by atoms with Gasteiger partial charge < -0.3 is 5.32 Å². The SMILES string of the molecule is c1ccc2c(c1)CCCC2CNCCC1CC1. The van der Waals surface area contributed by atoms with Gasteiger partial charge in [0.05, 0.1) is 0 Å². The van der Waals surface area contributed by atoms with Crippen LogP contribution in [0.4, 0.5) is 0 Å². The summed E-state index contributed by atoms with van der Waals surface area (Å²) in [7, 11) is 0. The molecule has 1 unspecified atom stereocenters. The Kier molecular flexibility index (Phi) is 3.46. The van der Waals surface area contributed by atoms with Crippen LogP contribution in [0.25, 0.3) is 0 Å². The molecule has 0 aromatic heterocycles. The lowest BCUT2D eigenvalue weighted by Crippen LogP contribution is -2.25. The molecule has 1 N–H and O–H groups in total. The standard InChI is InChI=1S/C16H23N/c1-2-7-16-14(4-1)5-3-6-15(16)12-17-11-10-13-8-9-13/h1-2,4,7,13,15,17H,3,5-6,8-12H2. The van der Waals surface area contributed by atoms with Crippen LogP contribution in [-0.2, 0) is 6.42 Å². The van der Waals surface area contributed by atoms with Crippen molar-refractivity contribution in [2.75, 3.05) is 13.1 Å². The fourth-order valence-electron chi connectivity index (χ4n) is 3.06. The molecule has 1 heteroatoms. The third-order valence-corrected chi connectivity index (χ3v) is 4.31. The normalized spacial score (nSPS) is 23.4. The lowest BCUT2D eigenvalue weighted by atomic mass is 9.83. The summed E-state index contributed by atoms with van der Waals surface area (Å²) in [6.45, 7) is 2.41. The van der Waals surface area contributed by atoms with Crippen LogP contribution >= 0.6 is 0 Å². The third kappa shape index (κ3) is 2.90. The molecule has 0 radical (unpaired) electrons. The molecule has 0 bridgehead atoms. The number of rotatable bonds is 5. The fourth-order valence-corrected chi connectivity index (χ4v) is 3.06. The van der Waals surface area contributed by atoms with E-state index in [1.165, 1.54) is 51.6 Å². The molecule has 17 heavy (non-hydrogen) atoms. The van der Waals surface area contributed by atoms with Gasteiger partial charge in [-0.1, -0.05) is 37.1 Å². The molecule has 0 aliphatic heterocycles. The highest BCUT2D eigenvalue weighted by atomic mass is 14.9. The van der Waals surface area contributed by atoms with Crippen LogP contribution in [0.5, 0.6) is 0 Å². The highest BCUT2D eigenvalue weighted by Crippen LogP contribution is 2.32. The van der Waals surface area contributed by atoms with E-state index in [0.29, 0.717) is 0 Å². The van der Waals surface area contributed by atoms with Gasteiger partial charge in [-0.3, -0.25) is 0 Å². The second kappa shape index (κ2) is 5.22. The van der Waals surface area contributed by atoms with Crippen molar-refractivity contribution in [2.45, 2.75) is 44.4 Å². The number of hydrogen-bond donors (Lipinski definition) is 1. The number of nitrogens with one attached hydrogen (secondary N) is 1. The van der Waals surface area contributed by atoms with E-state index in [2.05, 4.69) is 29.6 Å². The Morgan fingerprint density at radius 2 is 2.00 bits per heavy atom. The highest BCUT2D eigenvalue weighted by molar-refractivity contribution is 5.32. The van der Waals surface area contributed by atoms with Gasteiger partial charge in [0.2, 0.25) is 0 Å². The lowest BCUT2D eigenvalue weighted by molar-refractivity contribution is 0.497. The average Bonchev–Trinajstić information content (AvgIpc) is 3.19. The van der Waals surface area contributed by atoms with E-state index in [4.69, 9.17) is 0 Å². The Morgan fingerprint density at radius 3 is 2.88 bits per heavy atom. The molecule has 1 saturated carbocycles. The van der Waals surface area contributed by atoms with Gasteiger partial charge >= 0.3 is 0 Å². The summed E-state index contributed by atoms with van der Waals surface area (Å²) in [5, 5.41) is 3.67. The van der Waals surface area contributed by atoms with Gasteiger partial charge in [0.25, 0.3) is 0 Å². The van der Waals surface area contributed by atoms with Crippen molar-refractivity contribution in [1.82, 2.24) is 5.32 Å². The Morgan fingerprint density at radius 1 is 1.12 bits per heavy atom. The van der Waals surface area contributed by atoms with E-state index in [9.17, 15) is 0 Å². The maximum atomic E-state index is 3.67. The molecule has 2 aliphatic rings. The fraction of sp³-hybridized carbons (Fsp3) is 0.625. The van der Waals surface area contributed by atoms with Crippen LogP contribution in [-0.4, -0.2) is 13.1 Å². The van der Waals surface area contributed by atoms with E-state index in [0.717, 1.165) is 11.8 Å². The van der Waals surface area contributed by atoms with Gasteiger partial charge in [-0.2, -0.15) is 0 Å². The molecule has 1 aromatic rings. The molecular weight excluding hydrogens is 206 g/mol. The molecule has 1 aromatic carbocycles. The van der Waals surface area contributed by atoms with Crippen molar-refractivity contribution >= 4 is 0 Å². The van der Waals surface area contributed by atoms with Crippen LogP contribution in [0.2, 0.25) is 0 Å². The van der Waals surface area contributed by atoms with Crippen molar-refractivity contribution in [3.05, 3.63) is 35.4 Å². The van der Waals surface area contributed by atoms with Crippen LogP contribution in [0.1, 0.15) is 49.1 Å². The summed E-state index contributed by atoms with van der Waals surface area (Å²) in [4.78, 5) is 0. The summed E-state index contributed by atoms with van der Waals surface area (Å²) >= 11 is 0. The topological polar surface area (TPSA) is 12.0 Å². The van der Waals surface area contributed by atoms with Gasteiger partial charge in [-0.05, 0) is 55.2 Å². The van der Waals surface area contributed by atoms with Crippen molar-refractivity contribution < 1.29 is 0 Å². The zero-order valence-electron chi connectivity index (χ0n) is 10.6. The molecule has 0 spiro atoms. The molecule has 1 atom stereocenters. The summed E-state index contributed by atoms with van der Waals surface area (Å²) in [6, 6.07) is 9.02. The zero-order chi connectivity index (χ0) is 11.5. The predicted octanol–water partition coefficient (Wildman–Crippen LogP) is 3.50. The van der Waals surface area contributed by atoms with E-state index in [-0.39, 0.29) is 0 Å². The van der Waals surface area contributed by atoms with E-state index >= 15 is 0 Å². The first-order valence-corrected chi connectivity index (χ1v) is 7.22. The Hall–Kier alpha value is -0.820. The molecule has 0 saturated heterocycles. The van der Waals surface area contributed by atoms with Crippen LogP contribution in [0.3, 0.4) is 0 Å².